The Hall–Kier alpha value is -3.43. The van der Waals surface area contributed by atoms with Crippen molar-refractivity contribution in [1.82, 2.24) is 29.4 Å². The maximum absolute atomic E-state index is 13.2. The molecule has 2 aliphatic heterocycles. The molecule has 1 atom stereocenters. The van der Waals surface area contributed by atoms with Crippen molar-refractivity contribution in [2.75, 3.05) is 37.6 Å². The second kappa shape index (κ2) is 7.43. The molecule has 0 aliphatic carbocycles. The van der Waals surface area contributed by atoms with Gasteiger partial charge in [0.2, 0.25) is 5.91 Å². The minimum absolute atomic E-state index is 0.0175. The van der Waals surface area contributed by atoms with E-state index in [0.29, 0.717) is 44.9 Å². The van der Waals surface area contributed by atoms with E-state index in [2.05, 4.69) is 20.0 Å². The number of amides is 2. The quantitative estimate of drug-likeness (QED) is 0.636. The second-order valence-corrected chi connectivity index (χ2v) is 7.67. The van der Waals surface area contributed by atoms with Crippen molar-refractivity contribution < 1.29 is 14.0 Å². The van der Waals surface area contributed by atoms with Crippen LogP contribution in [0.25, 0.3) is 5.78 Å². The fraction of sp³-hybridized carbons (Fsp3) is 0.450. The number of rotatable bonds is 3. The van der Waals surface area contributed by atoms with Crippen LogP contribution in [0.4, 0.5) is 5.82 Å². The van der Waals surface area contributed by atoms with Crippen molar-refractivity contribution in [2.24, 2.45) is 0 Å². The van der Waals surface area contributed by atoms with Gasteiger partial charge in [-0.2, -0.15) is 14.6 Å². The maximum Gasteiger partial charge on any atom is 0.290 e. The highest BCUT2D eigenvalue weighted by Crippen LogP contribution is 2.24. The molecule has 3 aromatic rings. The molecule has 3 aromatic heterocycles. The van der Waals surface area contributed by atoms with Gasteiger partial charge in [0.25, 0.3) is 11.7 Å². The van der Waals surface area contributed by atoms with Crippen LogP contribution in [0.5, 0.6) is 0 Å². The summed E-state index contributed by atoms with van der Waals surface area (Å²) in [7, 11) is 0. The van der Waals surface area contributed by atoms with Crippen molar-refractivity contribution in [3.05, 3.63) is 42.2 Å². The Morgan fingerprint density at radius 3 is 2.77 bits per heavy atom. The highest BCUT2D eigenvalue weighted by Gasteiger charge is 2.38. The average Bonchev–Trinajstić information content (AvgIpc) is 3.53. The first kappa shape index (κ1) is 18.6. The molecule has 2 fully saturated rings. The first-order valence-corrected chi connectivity index (χ1v) is 10.2. The van der Waals surface area contributed by atoms with E-state index in [4.69, 9.17) is 4.42 Å². The van der Waals surface area contributed by atoms with E-state index in [1.807, 2.05) is 17.9 Å². The molecule has 5 rings (SSSR count). The molecule has 10 nitrogen and oxygen atoms in total. The molecule has 0 radical (unpaired) electrons. The third kappa shape index (κ3) is 3.17. The molecule has 0 N–H and O–H groups in total. The molecule has 2 amide bonds. The molecule has 30 heavy (non-hydrogen) atoms. The van der Waals surface area contributed by atoms with Gasteiger partial charge in [0.05, 0.1) is 6.26 Å². The Morgan fingerprint density at radius 1 is 1.17 bits per heavy atom. The van der Waals surface area contributed by atoms with Crippen molar-refractivity contribution in [3.8, 4) is 0 Å². The summed E-state index contributed by atoms with van der Waals surface area (Å²) in [6, 6.07) is 4.90. The summed E-state index contributed by atoms with van der Waals surface area (Å²) < 4.78 is 6.97. The monoisotopic (exact) mass is 409 g/mol. The van der Waals surface area contributed by atoms with E-state index >= 15 is 0 Å². The third-order valence-corrected chi connectivity index (χ3v) is 5.81. The molecule has 0 spiro atoms. The molecule has 2 saturated heterocycles. The molecule has 0 aromatic carbocycles. The van der Waals surface area contributed by atoms with Gasteiger partial charge in [0.15, 0.2) is 5.76 Å². The number of nitrogens with zero attached hydrogens (tertiary/aromatic N) is 7. The fourth-order valence-electron chi connectivity index (χ4n) is 4.31. The maximum atomic E-state index is 13.2. The van der Waals surface area contributed by atoms with Gasteiger partial charge in [0.1, 0.15) is 18.2 Å². The Kier molecular flexibility index (Phi) is 4.61. The number of likely N-dealkylation sites (tertiary alicyclic amines) is 1. The lowest BCUT2D eigenvalue weighted by Gasteiger charge is -2.38. The highest BCUT2D eigenvalue weighted by molar-refractivity contribution is 5.96. The summed E-state index contributed by atoms with van der Waals surface area (Å²) in [5, 5.41) is 4.27. The summed E-state index contributed by atoms with van der Waals surface area (Å²) in [5.41, 5.74) is 0.877. The van der Waals surface area contributed by atoms with Gasteiger partial charge in [-0.25, -0.2) is 4.98 Å². The van der Waals surface area contributed by atoms with Crippen molar-refractivity contribution >= 4 is 23.4 Å². The topological polar surface area (TPSA) is 100 Å². The summed E-state index contributed by atoms with van der Waals surface area (Å²) in [6.45, 7) is 5.07. The van der Waals surface area contributed by atoms with E-state index in [0.717, 1.165) is 17.9 Å². The summed E-state index contributed by atoms with van der Waals surface area (Å²) >= 11 is 0. The van der Waals surface area contributed by atoms with Crippen molar-refractivity contribution in [2.45, 2.75) is 25.8 Å². The Bertz CT molecular complexity index is 1070. The molecule has 0 saturated carbocycles. The number of aryl methyl sites for hydroxylation is 1. The lowest BCUT2D eigenvalue weighted by atomic mass is 10.1. The normalized spacial score (nSPS) is 19.6. The van der Waals surface area contributed by atoms with Crippen LogP contribution < -0.4 is 4.90 Å². The summed E-state index contributed by atoms with van der Waals surface area (Å²) in [4.78, 5) is 40.2. The standard InChI is InChI=1S/C20H23N7O3/c1-14-12-17(27-20(23-14)21-13-22-27)24-7-9-25(10-8-24)18(28)15-4-2-6-26(15)19(29)16-5-3-11-30-16/h3,5,11-13,15H,2,4,6-10H2,1H3. The fourth-order valence-corrected chi connectivity index (χ4v) is 4.31. The van der Waals surface area contributed by atoms with Crippen LogP contribution in [-0.2, 0) is 4.79 Å². The van der Waals surface area contributed by atoms with Crippen LogP contribution in [-0.4, -0.2) is 80.0 Å². The zero-order valence-corrected chi connectivity index (χ0v) is 16.8. The Labute approximate surface area is 173 Å². The number of fused-ring (bicyclic) bond motifs is 1. The third-order valence-electron chi connectivity index (χ3n) is 5.81. The van der Waals surface area contributed by atoms with Gasteiger partial charge in [-0.15, -0.1) is 0 Å². The van der Waals surface area contributed by atoms with E-state index in [9.17, 15) is 9.59 Å². The SMILES string of the molecule is Cc1cc(N2CCN(C(=O)C3CCCN3C(=O)c3ccco3)CC2)n2ncnc2n1. The van der Waals surface area contributed by atoms with Crippen LogP contribution in [0.1, 0.15) is 29.1 Å². The zero-order valence-electron chi connectivity index (χ0n) is 16.8. The molecule has 1 unspecified atom stereocenters. The number of anilines is 1. The first-order chi connectivity index (χ1) is 14.6. The molecule has 10 heteroatoms. The number of carbonyl (C=O) groups excluding carboxylic acids is 2. The number of hydrogen-bond donors (Lipinski definition) is 0. The molecule has 0 bridgehead atoms. The minimum atomic E-state index is -0.417. The van der Waals surface area contributed by atoms with Crippen molar-refractivity contribution in [3.63, 3.8) is 0 Å². The largest absolute Gasteiger partial charge is 0.459 e. The number of piperazine rings is 1. The molecule has 156 valence electrons. The van der Waals surface area contributed by atoms with E-state index in [-0.39, 0.29) is 17.6 Å². The number of furan rings is 1. The smallest absolute Gasteiger partial charge is 0.290 e. The van der Waals surface area contributed by atoms with Crippen molar-refractivity contribution in [1.29, 1.82) is 0 Å². The number of aromatic nitrogens is 4. The number of carbonyl (C=O) groups is 2. The first-order valence-electron chi connectivity index (χ1n) is 10.2. The van der Waals surface area contributed by atoms with Gasteiger partial charge < -0.3 is 19.1 Å². The predicted octanol–water partition coefficient (Wildman–Crippen LogP) is 0.979. The average molecular weight is 409 g/mol. The van der Waals surface area contributed by atoms with Crippen LogP contribution in [0.3, 0.4) is 0 Å². The Morgan fingerprint density at radius 2 is 2.00 bits per heavy atom. The highest BCUT2D eigenvalue weighted by atomic mass is 16.3. The summed E-state index contributed by atoms with van der Waals surface area (Å²) in [5.74, 6) is 1.59. The molecular formula is C20H23N7O3. The van der Waals surface area contributed by atoms with Gasteiger partial charge in [0, 0.05) is 44.5 Å². The minimum Gasteiger partial charge on any atom is -0.459 e. The van der Waals surface area contributed by atoms with Gasteiger partial charge in [-0.05, 0) is 31.9 Å². The van der Waals surface area contributed by atoms with Gasteiger partial charge in [-0.3, -0.25) is 9.59 Å². The lowest BCUT2D eigenvalue weighted by molar-refractivity contribution is -0.135. The molecular weight excluding hydrogens is 386 g/mol. The molecule has 2 aliphatic rings. The lowest BCUT2D eigenvalue weighted by Crippen LogP contribution is -2.54. The predicted molar refractivity (Wildman–Crippen MR) is 107 cm³/mol. The van der Waals surface area contributed by atoms with Crippen LogP contribution in [0.15, 0.2) is 35.2 Å². The van der Waals surface area contributed by atoms with Crippen LogP contribution in [0, 0.1) is 6.92 Å². The molecule has 5 heterocycles. The van der Waals surface area contributed by atoms with E-state index in [1.54, 1.807) is 21.5 Å². The van der Waals surface area contributed by atoms with Crippen LogP contribution in [0.2, 0.25) is 0 Å². The number of hydrogen-bond acceptors (Lipinski definition) is 7. The summed E-state index contributed by atoms with van der Waals surface area (Å²) in [6.07, 6.45) is 4.49. The van der Waals surface area contributed by atoms with Crippen LogP contribution >= 0.6 is 0 Å². The van der Waals surface area contributed by atoms with Gasteiger partial charge >= 0.3 is 0 Å². The van der Waals surface area contributed by atoms with E-state index in [1.165, 1.54) is 12.6 Å². The van der Waals surface area contributed by atoms with E-state index < -0.39 is 6.04 Å². The van der Waals surface area contributed by atoms with Gasteiger partial charge in [-0.1, -0.05) is 0 Å². The zero-order chi connectivity index (χ0) is 20.7. The Balaban J connectivity index is 1.27. The second-order valence-electron chi connectivity index (χ2n) is 7.67.